The lowest BCUT2D eigenvalue weighted by atomic mass is 10.4. The second-order valence-electron chi connectivity index (χ2n) is 2.28. The first-order chi connectivity index (χ1) is 5.70. The number of rotatable bonds is 6. The number of ether oxygens (including phenoxy) is 2. The Morgan fingerprint density at radius 3 is 2.75 bits per heavy atom. The summed E-state index contributed by atoms with van der Waals surface area (Å²) in [6.07, 6.45) is 2.53. The molecule has 0 aromatic heterocycles. The summed E-state index contributed by atoms with van der Waals surface area (Å²) < 4.78 is 9.89. The highest BCUT2D eigenvalue weighted by molar-refractivity contribution is 5.81. The van der Waals surface area contributed by atoms with Crippen molar-refractivity contribution in [1.29, 1.82) is 0 Å². The number of carbonyl (C=O) groups is 1. The van der Waals surface area contributed by atoms with E-state index in [1.165, 1.54) is 0 Å². The fraction of sp³-hybridized carbons (Fsp3) is 0.444. The number of hydrogen-bond acceptors (Lipinski definition) is 3. The van der Waals surface area contributed by atoms with Crippen molar-refractivity contribution in [2.75, 3.05) is 13.2 Å². The molecule has 1 unspecified atom stereocenters. The average molecular weight is 170 g/mol. The van der Waals surface area contributed by atoms with Crippen molar-refractivity contribution in [3.05, 3.63) is 25.3 Å². The van der Waals surface area contributed by atoms with Crippen LogP contribution in [0.2, 0.25) is 0 Å². The highest BCUT2D eigenvalue weighted by atomic mass is 16.6. The summed E-state index contributed by atoms with van der Waals surface area (Å²) in [7, 11) is 0. The van der Waals surface area contributed by atoms with Gasteiger partial charge in [-0.05, 0) is 6.92 Å². The predicted molar refractivity (Wildman–Crippen MR) is 46.8 cm³/mol. The molecule has 1 atom stereocenters. The molecule has 0 saturated heterocycles. The minimum absolute atomic E-state index is 0.240. The zero-order valence-corrected chi connectivity index (χ0v) is 7.29. The van der Waals surface area contributed by atoms with Crippen LogP contribution in [0.25, 0.3) is 0 Å². The molecule has 0 fully saturated rings. The van der Waals surface area contributed by atoms with Gasteiger partial charge >= 0.3 is 5.97 Å². The van der Waals surface area contributed by atoms with E-state index < -0.39 is 5.97 Å². The van der Waals surface area contributed by atoms with Crippen molar-refractivity contribution in [3.8, 4) is 0 Å². The Labute approximate surface area is 72.7 Å². The monoisotopic (exact) mass is 170 g/mol. The van der Waals surface area contributed by atoms with Gasteiger partial charge in [0.05, 0.1) is 13.2 Å². The van der Waals surface area contributed by atoms with Crippen molar-refractivity contribution >= 4 is 5.97 Å². The van der Waals surface area contributed by atoms with Crippen molar-refractivity contribution in [3.63, 3.8) is 0 Å². The molecule has 0 heterocycles. The van der Waals surface area contributed by atoms with Crippen molar-refractivity contribution in [2.45, 2.75) is 13.0 Å². The highest BCUT2D eigenvalue weighted by Gasteiger charge is 2.04. The van der Waals surface area contributed by atoms with E-state index in [4.69, 9.17) is 9.47 Å². The van der Waals surface area contributed by atoms with Crippen LogP contribution < -0.4 is 0 Å². The van der Waals surface area contributed by atoms with Gasteiger partial charge in [0.2, 0.25) is 0 Å². The maximum absolute atomic E-state index is 10.6. The molecule has 0 aliphatic heterocycles. The molecule has 0 amide bonds. The zero-order valence-electron chi connectivity index (χ0n) is 7.29. The topological polar surface area (TPSA) is 35.5 Å². The van der Waals surface area contributed by atoms with Gasteiger partial charge in [-0.1, -0.05) is 12.7 Å². The molecule has 0 radical (unpaired) electrons. The van der Waals surface area contributed by atoms with E-state index in [1.807, 2.05) is 0 Å². The molecule has 0 rings (SSSR count). The van der Waals surface area contributed by atoms with Crippen LogP contribution in [0.4, 0.5) is 0 Å². The highest BCUT2D eigenvalue weighted by Crippen LogP contribution is 1.93. The third-order valence-electron chi connectivity index (χ3n) is 1.07. The molecule has 0 bridgehead atoms. The standard InChI is InChI=1S/C9H14O3/c1-4-6-11-7-8(3)12-9(10)5-2/h4-5,8H,1-2,6-7H2,3H3. The van der Waals surface area contributed by atoms with Gasteiger partial charge in [0, 0.05) is 6.08 Å². The molecule has 0 aliphatic rings. The molecular weight excluding hydrogens is 156 g/mol. The Bertz CT molecular complexity index is 163. The van der Waals surface area contributed by atoms with Gasteiger partial charge in [-0.15, -0.1) is 6.58 Å². The van der Waals surface area contributed by atoms with E-state index in [0.717, 1.165) is 6.08 Å². The van der Waals surface area contributed by atoms with E-state index in [9.17, 15) is 4.79 Å². The predicted octanol–water partition coefficient (Wildman–Crippen LogP) is 1.31. The summed E-state index contributed by atoms with van der Waals surface area (Å²) in [5.41, 5.74) is 0. The van der Waals surface area contributed by atoms with E-state index in [0.29, 0.717) is 13.2 Å². The van der Waals surface area contributed by atoms with Gasteiger partial charge in [-0.25, -0.2) is 4.79 Å². The Morgan fingerprint density at radius 2 is 2.25 bits per heavy atom. The first kappa shape index (κ1) is 10.9. The Balaban J connectivity index is 3.44. The van der Waals surface area contributed by atoms with Crippen molar-refractivity contribution < 1.29 is 14.3 Å². The molecule has 0 spiro atoms. The van der Waals surface area contributed by atoms with Gasteiger partial charge in [-0.2, -0.15) is 0 Å². The summed E-state index contributed by atoms with van der Waals surface area (Å²) >= 11 is 0. The molecule has 0 aliphatic carbocycles. The maximum atomic E-state index is 10.6. The third kappa shape index (κ3) is 5.68. The first-order valence-electron chi connectivity index (χ1n) is 3.72. The second kappa shape index (κ2) is 6.61. The largest absolute Gasteiger partial charge is 0.457 e. The van der Waals surface area contributed by atoms with E-state index in [2.05, 4.69) is 13.2 Å². The minimum atomic E-state index is -0.426. The SMILES string of the molecule is C=CCOCC(C)OC(=O)C=C. The summed E-state index contributed by atoms with van der Waals surface area (Å²) in [4.78, 5) is 10.6. The van der Waals surface area contributed by atoms with Gasteiger partial charge in [-0.3, -0.25) is 0 Å². The van der Waals surface area contributed by atoms with Crippen molar-refractivity contribution in [2.24, 2.45) is 0 Å². The second-order valence-corrected chi connectivity index (χ2v) is 2.28. The lowest BCUT2D eigenvalue weighted by molar-refractivity contribution is -0.144. The van der Waals surface area contributed by atoms with Gasteiger partial charge in [0.15, 0.2) is 0 Å². The fourth-order valence-corrected chi connectivity index (χ4v) is 0.598. The van der Waals surface area contributed by atoms with Crippen LogP contribution >= 0.6 is 0 Å². The van der Waals surface area contributed by atoms with Crippen LogP contribution in [0.3, 0.4) is 0 Å². The van der Waals surface area contributed by atoms with Crippen LogP contribution in [-0.4, -0.2) is 25.3 Å². The van der Waals surface area contributed by atoms with Gasteiger partial charge < -0.3 is 9.47 Å². The van der Waals surface area contributed by atoms with E-state index >= 15 is 0 Å². The van der Waals surface area contributed by atoms with E-state index in [-0.39, 0.29) is 6.10 Å². The smallest absolute Gasteiger partial charge is 0.330 e. The molecular formula is C9H14O3. The molecule has 3 heteroatoms. The van der Waals surface area contributed by atoms with Crippen LogP contribution in [0.15, 0.2) is 25.3 Å². The van der Waals surface area contributed by atoms with E-state index in [1.54, 1.807) is 13.0 Å². The first-order valence-corrected chi connectivity index (χ1v) is 3.72. The zero-order chi connectivity index (χ0) is 9.40. The van der Waals surface area contributed by atoms with Crippen LogP contribution in [0.5, 0.6) is 0 Å². The molecule has 12 heavy (non-hydrogen) atoms. The Kier molecular flexibility index (Phi) is 6.01. The van der Waals surface area contributed by atoms with Crippen LogP contribution in [-0.2, 0) is 14.3 Å². The lowest BCUT2D eigenvalue weighted by Crippen LogP contribution is -2.19. The van der Waals surface area contributed by atoms with Crippen LogP contribution in [0, 0.1) is 0 Å². The molecule has 0 N–H and O–H groups in total. The quantitative estimate of drug-likeness (QED) is 0.261. The van der Waals surface area contributed by atoms with Crippen molar-refractivity contribution in [1.82, 2.24) is 0 Å². The fourth-order valence-electron chi connectivity index (χ4n) is 0.598. The lowest BCUT2D eigenvalue weighted by Gasteiger charge is -2.10. The number of carbonyl (C=O) groups excluding carboxylic acids is 1. The summed E-state index contributed by atoms with van der Waals surface area (Å²) in [6.45, 7) is 9.37. The summed E-state index contributed by atoms with van der Waals surface area (Å²) in [5.74, 6) is -0.426. The normalized spacial score (nSPS) is 11.8. The molecule has 68 valence electrons. The average Bonchev–Trinajstić information content (AvgIpc) is 2.05. The number of hydrogen-bond donors (Lipinski definition) is 0. The van der Waals surface area contributed by atoms with Crippen LogP contribution in [0.1, 0.15) is 6.92 Å². The molecule has 0 aromatic rings. The molecule has 3 nitrogen and oxygen atoms in total. The van der Waals surface area contributed by atoms with Gasteiger partial charge in [0.25, 0.3) is 0 Å². The van der Waals surface area contributed by atoms with Gasteiger partial charge in [0.1, 0.15) is 6.10 Å². The summed E-state index contributed by atoms with van der Waals surface area (Å²) in [5, 5.41) is 0. The maximum Gasteiger partial charge on any atom is 0.330 e. The number of esters is 1. The Hall–Kier alpha value is -1.09. The minimum Gasteiger partial charge on any atom is -0.457 e. The molecule has 0 aromatic carbocycles. The molecule has 0 saturated carbocycles. The summed E-state index contributed by atoms with van der Waals surface area (Å²) in [6, 6.07) is 0. The Morgan fingerprint density at radius 1 is 1.58 bits per heavy atom. The third-order valence-corrected chi connectivity index (χ3v) is 1.07.